The number of fused-ring (bicyclic) bond motifs is 2. The topological polar surface area (TPSA) is 73.4 Å². The molecule has 7 nitrogen and oxygen atoms in total. The molecule has 2 amide bonds. The number of carbonyl (C=O) groups excluding carboxylic acids is 1. The van der Waals surface area contributed by atoms with Crippen molar-refractivity contribution in [3.63, 3.8) is 0 Å². The van der Waals surface area contributed by atoms with Crippen molar-refractivity contribution in [1.29, 1.82) is 0 Å². The number of anilines is 2. The van der Waals surface area contributed by atoms with Crippen LogP contribution >= 0.6 is 0 Å². The smallest absolute Gasteiger partial charge is 0.322 e. The monoisotopic (exact) mass is 390 g/mol. The van der Waals surface area contributed by atoms with E-state index in [1.54, 1.807) is 12.4 Å². The zero-order valence-corrected chi connectivity index (χ0v) is 16.4. The molecule has 2 unspecified atom stereocenters. The number of piperazine rings is 1. The van der Waals surface area contributed by atoms with E-state index >= 15 is 0 Å². The molecule has 0 spiro atoms. The number of amides is 2. The van der Waals surface area contributed by atoms with E-state index in [9.17, 15) is 4.79 Å². The molecule has 1 aromatic heterocycles. The molecule has 4 heterocycles. The number of carbonyl (C=O) groups is 1. The van der Waals surface area contributed by atoms with Crippen LogP contribution in [0.4, 0.5) is 16.4 Å². The lowest BCUT2D eigenvalue weighted by Crippen LogP contribution is -2.45. The van der Waals surface area contributed by atoms with Crippen LogP contribution < -0.4 is 15.5 Å². The van der Waals surface area contributed by atoms with Gasteiger partial charge >= 0.3 is 6.03 Å². The Balaban J connectivity index is 1.26. The predicted octanol–water partition coefficient (Wildman–Crippen LogP) is 2.74. The van der Waals surface area contributed by atoms with Gasteiger partial charge in [0, 0.05) is 32.2 Å². The third-order valence-electron chi connectivity index (χ3n) is 6.06. The summed E-state index contributed by atoms with van der Waals surface area (Å²) in [6.07, 6.45) is 8.66. The van der Waals surface area contributed by atoms with Crippen molar-refractivity contribution >= 4 is 23.2 Å². The number of aromatic nitrogens is 2. The molecule has 29 heavy (non-hydrogen) atoms. The third-order valence-corrected chi connectivity index (χ3v) is 6.06. The molecule has 2 atom stereocenters. The Bertz CT molecular complexity index is 891. The number of hydrogen-bond acceptors (Lipinski definition) is 5. The van der Waals surface area contributed by atoms with Crippen molar-refractivity contribution in [3.05, 3.63) is 54.4 Å². The second-order valence-electron chi connectivity index (χ2n) is 7.91. The summed E-state index contributed by atoms with van der Waals surface area (Å²) >= 11 is 0. The average Bonchev–Trinajstić information content (AvgIpc) is 3.05. The quantitative estimate of drug-likeness (QED) is 0.843. The molecule has 2 bridgehead atoms. The van der Waals surface area contributed by atoms with Crippen LogP contribution in [-0.2, 0) is 0 Å². The van der Waals surface area contributed by atoms with Gasteiger partial charge in [0.15, 0.2) is 0 Å². The minimum absolute atomic E-state index is 0.0561. The molecule has 5 rings (SSSR count). The van der Waals surface area contributed by atoms with Crippen molar-refractivity contribution in [1.82, 2.24) is 20.2 Å². The Morgan fingerprint density at radius 2 is 1.83 bits per heavy atom. The minimum Gasteiger partial charge on any atom is -0.338 e. The van der Waals surface area contributed by atoms with Gasteiger partial charge in [0.05, 0.1) is 24.1 Å². The number of urea groups is 1. The molecule has 3 aliphatic heterocycles. The van der Waals surface area contributed by atoms with Gasteiger partial charge in [-0.25, -0.2) is 14.8 Å². The maximum atomic E-state index is 13.0. The SMILES string of the molecule is O=C(Nc1cnc(N2CCNCC2)nc1)N1C2C=C(c3ccccc3)CC1CC2. The van der Waals surface area contributed by atoms with Crippen LogP contribution in [-0.4, -0.2) is 59.2 Å². The number of rotatable bonds is 3. The van der Waals surface area contributed by atoms with E-state index in [2.05, 4.69) is 55.8 Å². The Labute approximate surface area is 170 Å². The highest BCUT2D eigenvalue weighted by atomic mass is 16.2. The zero-order chi connectivity index (χ0) is 19.6. The first kappa shape index (κ1) is 18.1. The van der Waals surface area contributed by atoms with Crippen molar-refractivity contribution < 1.29 is 4.79 Å². The molecule has 2 N–H and O–H groups in total. The Kier molecular flexibility index (Phi) is 4.89. The second kappa shape index (κ2) is 7.83. The molecule has 0 saturated carbocycles. The molecule has 150 valence electrons. The van der Waals surface area contributed by atoms with Crippen molar-refractivity contribution in [2.24, 2.45) is 0 Å². The summed E-state index contributed by atoms with van der Waals surface area (Å²) in [5.41, 5.74) is 3.26. The van der Waals surface area contributed by atoms with Crippen LogP contribution in [0.25, 0.3) is 5.57 Å². The van der Waals surface area contributed by atoms with Crippen LogP contribution in [0.15, 0.2) is 48.8 Å². The lowest BCUT2D eigenvalue weighted by Gasteiger charge is -2.34. The van der Waals surface area contributed by atoms with Gasteiger partial charge in [-0.2, -0.15) is 0 Å². The largest absolute Gasteiger partial charge is 0.338 e. The number of nitrogens with one attached hydrogen (secondary N) is 2. The highest BCUT2D eigenvalue weighted by molar-refractivity contribution is 5.90. The average molecular weight is 390 g/mol. The maximum absolute atomic E-state index is 13.0. The fraction of sp³-hybridized carbons (Fsp3) is 0.409. The van der Waals surface area contributed by atoms with Gasteiger partial charge < -0.3 is 20.4 Å². The van der Waals surface area contributed by atoms with Gasteiger partial charge in [-0.15, -0.1) is 0 Å². The highest BCUT2D eigenvalue weighted by Gasteiger charge is 2.39. The fourth-order valence-corrected chi connectivity index (χ4v) is 4.61. The molecule has 2 aromatic rings. The Morgan fingerprint density at radius 1 is 1.07 bits per heavy atom. The van der Waals surface area contributed by atoms with Crippen molar-refractivity contribution in [3.8, 4) is 0 Å². The number of benzene rings is 1. The number of hydrogen-bond donors (Lipinski definition) is 2. The van der Waals surface area contributed by atoms with Crippen molar-refractivity contribution in [2.75, 3.05) is 36.4 Å². The summed E-state index contributed by atoms with van der Waals surface area (Å²) in [5.74, 6) is 0.720. The summed E-state index contributed by atoms with van der Waals surface area (Å²) < 4.78 is 0. The van der Waals surface area contributed by atoms with Crippen LogP contribution in [0.3, 0.4) is 0 Å². The van der Waals surface area contributed by atoms with Crippen molar-refractivity contribution in [2.45, 2.75) is 31.3 Å². The van der Waals surface area contributed by atoms with Crippen LogP contribution in [0.2, 0.25) is 0 Å². The van der Waals surface area contributed by atoms with Gasteiger partial charge in [-0.1, -0.05) is 36.4 Å². The van der Waals surface area contributed by atoms with Crippen LogP contribution in [0, 0.1) is 0 Å². The molecular formula is C22H26N6O. The summed E-state index contributed by atoms with van der Waals surface area (Å²) in [6.45, 7) is 3.69. The van der Waals surface area contributed by atoms with Gasteiger partial charge in [-0.3, -0.25) is 0 Å². The first-order valence-corrected chi connectivity index (χ1v) is 10.4. The normalized spacial score (nSPS) is 23.7. The van der Waals surface area contributed by atoms with E-state index in [-0.39, 0.29) is 18.1 Å². The van der Waals surface area contributed by atoms with E-state index in [1.807, 2.05) is 11.0 Å². The molecule has 2 fully saturated rings. The van der Waals surface area contributed by atoms with E-state index in [0.717, 1.165) is 51.4 Å². The molecule has 2 saturated heterocycles. The van der Waals surface area contributed by atoms with Gasteiger partial charge in [0.1, 0.15) is 0 Å². The fourth-order valence-electron chi connectivity index (χ4n) is 4.61. The Hall–Kier alpha value is -2.93. The van der Waals surface area contributed by atoms with E-state index < -0.39 is 0 Å². The summed E-state index contributed by atoms with van der Waals surface area (Å²) in [6, 6.07) is 10.8. The van der Waals surface area contributed by atoms with E-state index in [1.165, 1.54) is 11.1 Å². The molecule has 0 aliphatic carbocycles. The predicted molar refractivity (Wildman–Crippen MR) is 114 cm³/mol. The molecule has 3 aliphatic rings. The molecular weight excluding hydrogens is 364 g/mol. The van der Waals surface area contributed by atoms with E-state index in [0.29, 0.717) is 5.69 Å². The summed E-state index contributed by atoms with van der Waals surface area (Å²) in [5, 5.41) is 6.32. The first-order valence-electron chi connectivity index (χ1n) is 10.4. The highest BCUT2D eigenvalue weighted by Crippen LogP contribution is 2.38. The summed E-state index contributed by atoms with van der Waals surface area (Å²) in [7, 11) is 0. The first-order chi connectivity index (χ1) is 14.3. The lowest BCUT2D eigenvalue weighted by molar-refractivity contribution is 0.193. The molecule has 7 heteroatoms. The van der Waals surface area contributed by atoms with Gasteiger partial charge in [0.25, 0.3) is 0 Å². The van der Waals surface area contributed by atoms with Gasteiger partial charge in [-0.05, 0) is 30.4 Å². The van der Waals surface area contributed by atoms with Crippen LogP contribution in [0.1, 0.15) is 24.8 Å². The maximum Gasteiger partial charge on any atom is 0.322 e. The van der Waals surface area contributed by atoms with E-state index in [4.69, 9.17) is 0 Å². The Morgan fingerprint density at radius 3 is 2.55 bits per heavy atom. The third kappa shape index (κ3) is 3.70. The standard InChI is InChI=1S/C22H26N6O/c29-22(26-18-14-24-21(25-15-18)27-10-8-23-9-11-27)28-19-6-7-20(28)13-17(12-19)16-4-2-1-3-5-16/h1-5,12,14-15,19-20,23H,6-11,13H2,(H,26,29). The second-order valence-corrected chi connectivity index (χ2v) is 7.91. The molecule has 0 radical (unpaired) electrons. The minimum atomic E-state index is -0.0561. The number of nitrogens with zero attached hydrogens (tertiary/aromatic N) is 4. The lowest BCUT2D eigenvalue weighted by atomic mass is 9.95. The summed E-state index contributed by atoms with van der Waals surface area (Å²) in [4.78, 5) is 26.0. The van der Waals surface area contributed by atoms with Crippen LogP contribution in [0.5, 0.6) is 0 Å². The van der Waals surface area contributed by atoms with Gasteiger partial charge in [0.2, 0.25) is 5.95 Å². The zero-order valence-electron chi connectivity index (χ0n) is 16.4. The molecule has 1 aromatic carbocycles.